The molecule has 9 heteroatoms. The summed E-state index contributed by atoms with van der Waals surface area (Å²) in [6, 6.07) is 12.5. The number of alkyl halides is 3. The molecule has 2 saturated heterocycles. The fraction of sp³-hybridized carbons (Fsp3) is 0.423. The third-order valence-electron chi connectivity index (χ3n) is 6.96. The van der Waals surface area contributed by atoms with Gasteiger partial charge in [0.05, 0.1) is 17.0 Å². The van der Waals surface area contributed by atoms with E-state index in [0.717, 1.165) is 36.6 Å². The largest absolute Gasteiger partial charge is 0.419 e. The number of halogens is 3. The lowest BCUT2D eigenvalue weighted by Gasteiger charge is -2.39. The second kappa shape index (κ2) is 9.81. The van der Waals surface area contributed by atoms with Gasteiger partial charge < -0.3 is 9.80 Å². The van der Waals surface area contributed by atoms with E-state index in [-0.39, 0.29) is 24.2 Å². The van der Waals surface area contributed by atoms with E-state index in [1.807, 2.05) is 17.0 Å². The van der Waals surface area contributed by atoms with E-state index in [2.05, 4.69) is 33.1 Å². The van der Waals surface area contributed by atoms with Gasteiger partial charge in [-0.2, -0.15) is 13.2 Å². The van der Waals surface area contributed by atoms with Crippen molar-refractivity contribution in [2.45, 2.75) is 25.6 Å². The van der Waals surface area contributed by atoms with Crippen LogP contribution in [0.15, 0.2) is 54.9 Å². The van der Waals surface area contributed by atoms with E-state index in [9.17, 15) is 18.0 Å². The maximum absolute atomic E-state index is 13.5. The first kappa shape index (κ1) is 23.5. The van der Waals surface area contributed by atoms with Crippen LogP contribution in [0.1, 0.15) is 24.0 Å². The predicted octanol–water partition coefficient (Wildman–Crippen LogP) is 4.21. The smallest absolute Gasteiger partial charge is 0.355 e. The molecule has 1 atom stereocenters. The number of nitrogens with zero attached hydrogens (tertiary/aromatic N) is 5. The van der Waals surface area contributed by atoms with Crippen LogP contribution in [0.4, 0.5) is 19.0 Å². The number of benzene rings is 1. The van der Waals surface area contributed by atoms with Gasteiger partial charge in [-0.05, 0) is 36.6 Å². The average Bonchev–Trinajstić information content (AvgIpc) is 2.88. The van der Waals surface area contributed by atoms with Gasteiger partial charge in [-0.25, -0.2) is 4.98 Å². The molecule has 0 bridgehead atoms. The zero-order chi connectivity index (χ0) is 24.4. The van der Waals surface area contributed by atoms with Crippen LogP contribution < -0.4 is 4.90 Å². The van der Waals surface area contributed by atoms with Crippen molar-refractivity contribution in [1.29, 1.82) is 0 Å². The highest BCUT2D eigenvalue weighted by Crippen LogP contribution is 2.36. The molecule has 2 aliphatic heterocycles. The highest BCUT2D eigenvalue weighted by atomic mass is 19.4. The zero-order valence-electron chi connectivity index (χ0n) is 19.4. The van der Waals surface area contributed by atoms with Gasteiger partial charge >= 0.3 is 6.18 Å². The molecule has 0 N–H and O–H groups in total. The fourth-order valence-corrected chi connectivity index (χ4v) is 5.16. The van der Waals surface area contributed by atoms with E-state index in [4.69, 9.17) is 0 Å². The Hall–Kier alpha value is -3.20. The van der Waals surface area contributed by atoms with Crippen LogP contribution in [0.5, 0.6) is 0 Å². The molecule has 2 aromatic heterocycles. The van der Waals surface area contributed by atoms with E-state index >= 15 is 0 Å². The number of aromatic nitrogens is 2. The van der Waals surface area contributed by atoms with E-state index in [0.29, 0.717) is 32.5 Å². The molecule has 2 fully saturated rings. The number of rotatable bonds is 4. The number of carbonyl (C=O) groups excluding carboxylic acids is 1. The van der Waals surface area contributed by atoms with Crippen molar-refractivity contribution in [3.8, 4) is 0 Å². The summed E-state index contributed by atoms with van der Waals surface area (Å²) in [7, 11) is 0. The minimum atomic E-state index is -4.48. The average molecular weight is 484 g/mol. The van der Waals surface area contributed by atoms with Gasteiger partial charge in [0, 0.05) is 63.6 Å². The molecular weight excluding hydrogens is 455 g/mol. The summed E-state index contributed by atoms with van der Waals surface area (Å²) in [5, 5.41) is 1.11. The van der Waals surface area contributed by atoms with E-state index < -0.39 is 11.7 Å². The lowest BCUT2D eigenvalue weighted by molar-refractivity contribution is -0.137. The molecule has 0 aliphatic carbocycles. The molecule has 0 radical (unpaired) electrons. The highest BCUT2D eigenvalue weighted by molar-refractivity contribution is 5.81. The van der Waals surface area contributed by atoms with Crippen molar-refractivity contribution in [3.05, 3.63) is 66.0 Å². The molecule has 0 saturated carbocycles. The van der Waals surface area contributed by atoms with Crippen molar-refractivity contribution in [1.82, 2.24) is 19.8 Å². The minimum absolute atomic E-state index is 0.0330. The normalized spacial score (nSPS) is 19.8. The Balaban J connectivity index is 1.20. The maximum Gasteiger partial charge on any atom is 0.419 e. The Morgan fingerprint density at radius 2 is 1.69 bits per heavy atom. The van der Waals surface area contributed by atoms with Gasteiger partial charge in [0.25, 0.3) is 0 Å². The monoisotopic (exact) mass is 483 g/mol. The van der Waals surface area contributed by atoms with Gasteiger partial charge in [0.1, 0.15) is 5.82 Å². The molecule has 5 rings (SSSR count). The molecule has 6 nitrogen and oxygen atoms in total. The molecule has 4 heterocycles. The van der Waals surface area contributed by atoms with Crippen molar-refractivity contribution in [2.75, 3.05) is 44.2 Å². The van der Waals surface area contributed by atoms with Crippen molar-refractivity contribution < 1.29 is 18.0 Å². The van der Waals surface area contributed by atoms with Gasteiger partial charge in [0.2, 0.25) is 5.91 Å². The Bertz CT molecular complexity index is 1190. The third-order valence-corrected chi connectivity index (χ3v) is 6.96. The third kappa shape index (κ3) is 5.10. The summed E-state index contributed by atoms with van der Waals surface area (Å²) in [6.07, 6.45) is 0.0550. The van der Waals surface area contributed by atoms with Gasteiger partial charge in [0.15, 0.2) is 0 Å². The van der Waals surface area contributed by atoms with E-state index in [1.165, 1.54) is 17.8 Å². The standard InChI is InChI=1S/C26H28F3N5O/c27-26(28,29)22-9-3-11-31-24(22)34-12-4-8-21(18-34)25(35)33-15-13-32(14-16-33)17-20-6-1-5-19-7-2-10-30-23(19)20/h1-3,5-7,9-11,21H,4,8,12-18H2. The molecule has 3 aromatic rings. The number of para-hydroxylation sites is 1. The Kier molecular flexibility index (Phi) is 6.60. The predicted molar refractivity (Wildman–Crippen MR) is 128 cm³/mol. The highest BCUT2D eigenvalue weighted by Gasteiger charge is 2.38. The SMILES string of the molecule is O=C(C1CCCN(c2ncccc2C(F)(F)F)C1)N1CCN(Cc2cccc3cccnc23)CC1. The number of hydrogen-bond donors (Lipinski definition) is 0. The first-order valence-electron chi connectivity index (χ1n) is 12.0. The van der Waals surface area contributed by atoms with E-state index in [1.54, 1.807) is 11.1 Å². The lowest BCUT2D eigenvalue weighted by atomic mass is 9.95. The molecule has 1 amide bonds. The quantitative estimate of drug-likeness (QED) is 0.557. The number of carbonyl (C=O) groups is 1. The van der Waals surface area contributed by atoms with Crippen LogP contribution in [0.25, 0.3) is 10.9 Å². The first-order chi connectivity index (χ1) is 16.9. The van der Waals surface area contributed by atoms with Crippen molar-refractivity contribution in [2.24, 2.45) is 5.92 Å². The number of hydrogen-bond acceptors (Lipinski definition) is 5. The summed E-state index contributed by atoms with van der Waals surface area (Å²) in [5.41, 5.74) is 1.43. The number of amides is 1. The molecule has 35 heavy (non-hydrogen) atoms. The lowest BCUT2D eigenvalue weighted by Crippen LogP contribution is -2.52. The number of piperazine rings is 1. The number of fused-ring (bicyclic) bond motifs is 1. The summed E-state index contributed by atoms with van der Waals surface area (Å²) >= 11 is 0. The molecule has 2 aliphatic rings. The topological polar surface area (TPSA) is 52.6 Å². The first-order valence-corrected chi connectivity index (χ1v) is 12.0. The van der Waals surface area contributed by atoms with Crippen LogP contribution >= 0.6 is 0 Å². The second-order valence-electron chi connectivity index (χ2n) is 9.25. The van der Waals surface area contributed by atoms with Crippen LogP contribution in [0.2, 0.25) is 0 Å². The number of piperidine rings is 1. The Morgan fingerprint density at radius 1 is 0.943 bits per heavy atom. The molecule has 184 valence electrons. The molecule has 1 unspecified atom stereocenters. The number of pyridine rings is 2. The van der Waals surface area contributed by atoms with Crippen LogP contribution in [0.3, 0.4) is 0 Å². The van der Waals surface area contributed by atoms with Crippen molar-refractivity contribution >= 4 is 22.6 Å². The Labute approximate surface area is 202 Å². The number of anilines is 1. The van der Waals surface area contributed by atoms with Gasteiger partial charge in [-0.15, -0.1) is 0 Å². The minimum Gasteiger partial charge on any atom is -0.355 e. The van der Waals surface area contributed by atoms with Crippen LogP contribution in [0, 0.1) is 5.92 Å². The fourth-order valence-electron chi connectivity index (χ4n) is 5.16. The van der Waals surface area contributed by atoms with Crippen molar-refractivity contribution in [3.63, 3.8) is 0 Å². The molecular formula is C26H28F3N5O. The molecule has 0 spiro atoms. The zero-order valence-corrected chi connectivity index (χ0v) is 19.4. The summed E-state index contributed by atoms with van der Waals surface area (Å²) < 4.78 is 40.4. The summed E-state index contributed by atoms with van der Waals surface area (Å²) in [5.74, 6) is -0.364. The van der Waals surface area contributed by atoms with Gasteiger partial charge in [-0.3, -0.25) is 14.7 Å². The van der Waals surface area contributed by atoms with Gasteiger partial charge in [-0.1, -0.05) is 24.3 Å². The summed E-state index contributed by atoms with van der Waals surface area (Å²) in [6.45, 7) is 4.24. The Morgan fingerprint density at radius 3 is 2.49 bits per heavy atom. The summed E-state index contributed by atoms with van der Waals surface area (Å²) in [4.78, 5) is 27.6. The van der Waals surface area contributed by atoms with Crippen LogP contribution in [-0.2, 0) is 17.5 Å². The maximum atomic E-state index is 13.5. The molecule has 1 aromatic carbocycles. The van der Waals surface area contributed by atoms with Crippen LogP contribution in [-0.4, -0.2) is 64.9 Å². The second-order valence-corrected chi connectivity index (χ2v) is 9.25.